The standard InChI is InChI=1S/C19H19N5O3/c1-23(12-14-8-4-3-5-9-14)19-17(24(25)26)18(20-13-21-19)22-15-10-6-7-11-16(15)27-2/h3-11,13H,12H2,1-2H3,(H,20,21,22). The number of rotatable bonds is 7. The highest BCUT2D eigenvalue weighted by molar-refractivity contribution is 5.76. The van der Waals surface area contributed by atoms with E-state index in [4.69, 9.17) is 4.74 Å². The molecule has 3 rings (SSSR count). The fourth-order valence-corrected chi connectivity index (χ4v) is 2.72. The van der Waals surface area contributed by atoms with Gasteiger partial charge in [-0.3, -0.25) is 10.1 Å². The van der Waals surface area contributed by atoms with Crippen LogP contribution in [0.15, 0.2) is 60.9 Å². The number of aromatic nitrogens is 2. The monoisotopic (exact) mass is 365 g/mol. The van der Waals surface area contributed by atoms with E-state index in [2.05, 4.69) is 15.3 Å². The van der Waals surface area contributed by atoms with Gasteiger partial charge < -0.3 is 15.0 Å². The molecule has 0 radical (unpaired) electrons. The van der Waals surface area contributed by atoms with E-state index in [1.54, 1.807) is 30.1 Å². The number of anilines is 3. The summed E-state index contributed by atoms with van der Waals surface area (Å²) in [6.45, 7) is 0.479. The van der Waals surface area contributed by atoms with E-state index >= 15 is 0 Å². The molecular formula is C19H19N5O3. The molecule has 0 atom stereocenters. The SMILES string of the molecule is COc1ccccc1Nc1ncnc(N(C)Cc2ccccc2)c1[N+](=O)[O-]. The third kappa shape index (κ3) is 4.12. The van der Waals surface area contributed by atoms with Gasteiger partial charge in [0.2, 0.25) is 11.6 Å². The first kappa shape index (κ1) is 18.1. The van der Waals surface area contributed by atoms with Gasteiger partial charge in [-0.25, -0.2) is 9.97 Å². The normalized spacial score (nSPS) is 10.3. The van der Waals surface area contributed by atoms with Crippen molar-refractivity contribution >= 4 is 23.0 Å². The summed E-state index contributed by atoms with van der Waals surface area (Å²) in [5.41, 5.74) is 1.41. The van der Waals surface area contributed by atoms with Crippen LogP contribution in [0.5, 0.6) is 5.75 Å². The van der Waals surface area contributed by atoms with Crippen LogP contribution in [0.3, 0.4) is 0 Å². The molecule has 0 spiro atoms. The van der Waals surface area contributed by atoms with Crippen molar-refractivity contribution in [1.29, 1.82) is 0 Å². The molecule has 27 heavy (non-hydrogen) atoms. The molecule has 0 fully saturated rings. The maximum atomic E-state index is 11.8. The number of nitrogens with one attached hydrogen (secondary N) is 1. The quantitative estimate of drug-likeness (QED) is 0.503. The van der Waals surface area contributed by atoms with Crippen LogP contribution in [0.1, 0.15) is 5.56 Å². The number of nitrogens with zero attached hydrogens (tertiary/aromatic N) is 4. The van der Waals surface area contributed by atoms with E-state index in [0.29, 0.717) is 18.0 Å². The molecule has 1 heterocycles. The Kier molecular flexibility index (Phi) is 5.46. The van der Waals surface area contributed by atoms with Crippen molar-refractivity contribution in [1.82, 2.24) is 9.97 Å². The van der Waals surface area contributed by atoms with Gasteiger partial charge in [0.05, 0.1) is 17.7 Å². The van der Waals surface area contributed by atoms with E-state index in [9.17, 15) is 10.1 Å². The average Bonchev–Trinajstić information content (AvgIpc) is 2.68. The van der Waals surface area contributed by atoms with Crippen molar-refractivity contribution in [3.8, 4) is 5.75 Å². The van der Waals surface area contributed by atoms with Gasteiger partial charge in [-0.2, -0.15) is 0 Å². The van der Waals surface area contributed by atoms with Crippen LogP contribution in [0.2, 0.25) is 0 Å². The Bertz CT molecular complexity index is 934. The maximum Gasteiger partial charge on any atom is 0.353 e. The highest BCUT2D eigenvalue weighted by Gasteiger charge is 2.26. The number of benzene rings is 2. The summed E-state index contributed by atoms with van der Waals surface area (Å²) in [5, 5.41) is 14.8. The molecule has 0 bridgehead atoms. The molecule has 2 aromatic carbocycles. The topological polar surface area (TPSA) is 93.4 Å². The predicted octanol–water partition coefficient (Wildman–Crippen LogP) is 3.77. The maximum absolute atomic E-state index is 11.8. The molecule has 1 aromatic heterocycles. The largest absolute Gasteiger partial charge is 0.495 e. The molecule has 0 aliphatic carbocycles. The summed E-state index contributed by atoms with van der Waals surface area (Å²) in [5.74, 6) is 0.898. The zero-order valence-electron chi connectivity index (χ0n) is 15.0. The Morgan fingerprint density at radius 1 is 1.11 bits per heavy atom. The minimum atomic E-state index is -0.478. The lowest BCUT2D eigenvalue weighted by Crippen LogP contribution is -2.20. The molecule has 0 unspecified atom stereocenters. The third-order valence-corrected chi connectivity index (χ3v) is 3.97. The zero-order chi connectivity index (χ0) is 19.2. The van der Waals surface area contributed by atoms with Gasteiger partial charge in [0.15, 0.2) is 0 Å². The van der Waals surface area contributed by atoms with Crippen molar-refractivity contribution in [3.63, 3.8) is 0 Å². The van der Waals surface area contributed by atoms with Crippen LogP contribution in [0.4, 0.5) is 23.0 Å². The molecule has 0 aliphatic heterocycles. The number of ether oxygens (including phenoxy) is 1. The summed E-state index contributed by atoms with van der Waals surface area (Å²) in [6, 6.07) is 16.8. The first-order valence-electron chi connectivity index (χ1n) is 8.24. The Morgan fingerprint density at radius 2 is 1.81 bits per heavy atom. The Hall–Kier alpha value is -3.68. The lowest BCUT2D eigenvalue weighted by atomic mass is 10.2. The van der Waals surface area contributed by atoms with E-state index in [1.165, 1.54) is 13.4 Å². The average molecular weight is 365 g/mol. The van der Waals surface area contributed by atoms with E-state index in [1.807, 2.05) is 36.4 Å². The summed E-state index contributed by atoms with van der Waals surface area (Å²) in [4.78, 5) is 21.2. The molecule has 8 heteroatoms. The number of hydrogen-bond acceptors (Lipinski definition) is 7. The molecule has 8 nitrogen and oxygen atoms in total. The Balaban J connectivity index is 1.96. The fraction of sp³-hybridized carbons (Fsp3) is 0.158. The number of para-hydroxylation sites is 2. The minimum absolute atomic E-state index is 0.106. The smallest absolute Gasteiger partial charge is 0.353 e. The van der Waals surface area contributed by atoms with E-state index in [0.717, 1.165) is 5.56 Å². The highest BCUT2D eigenvalue weighted by Crippen LogP contribution is 2.35. The van der Waals surface area contributed by atoms with Crippen LogP contribution in [0.25, 0.3) is 0 Å². The Labute approximate surface area is 156 Å². The molecule has 0 amide bonds. The van der Waals surface area contributed by atoms with Crippen LogP contribution in [-0.4, -0.2) is 29.0 Å². The van der Waals surface area contributed by atoms with Crippen LogP contribution in [0, 0.1) is 10.1 Å². The molecular weight excluding hydrogens is 346 g/mol. The van der Waals surface area contributed by atoms with Gasteiger partial charge in [0.25, 0.3) is 0 Å². The van der Waals surface area contributed by atoms with Gasteiger partial charge in [0, 0.05) is 13.6 Å². The van der Waals surface area contributed by atoms with E-state index < -0.39 is 4.92 Å². The molecule has 0 saturated heterocycles. The van der Waals surface area contributed by atoms with Crippen molar-refractivity contribution in [2.24, 2.45) is 0 Å². The van der Waals surface area contributed by atoms with Gasteiger partial charge >= 0.3 is 5.69 Å². The van der Waals surface area contributed by atoms with Crippen LogP contribution >= 0.6 is 0 Å². The summed E-state index contributed by atoms with van der Waals surface area (Å²) in [6.07, 6.45) is 1.31. The highest BCUT2D eigenvalue weighted by atomic mass is 16.6. The lowest BCUT2D eigenvalue weighted by molar-refractivity contribution is -0.383. The first-order valence-corrected chi connectivity index (χ1v) is 8.24. The van der Waals surface area contributed by atoms with Gasteiger partial charge in [-0.1, -0.05) is 42.5 Å². The van der Waals surface area contributed by atoms with Crippen LogP contribution in [-0.2, 0) is 6.54 Å². The van der Waals surface area contributed by atoms with Gasteiger partial charge in [0.1, 0.15) is 12.1 Å². The number of nitro groups is 1. The second kappa shape index (κ2) is 8.13. The van der Waals surface area contributed by atoms with E-state index in [-0.39, 0.29) is 17.3 Å². The second-order valence-electron chi connectivity index (χ2n) is 5.82. The summed E-state index contributed by atoms with van der Waals surface area (Å²) >= 11 is 0. The second-order valence-corrected chi connectivity index (χ2v) is 5.82. The van der Waals surface area contributed by atoms with Crippen molar-refractivity contribution in [2.45, 2.75) is 6.54 Å². The van der Waals surface area contributed by atoms with Crippen molar-refractivity contribution < 1.29 is 9.66 Å². The molecule has 0 saturated carbocycles. The number of methoxy groups -OCH3 is 1. The molecule has 0 aliphatic rings. The Morgan fingerprint density at radius 3 is 2.52 bits per heavy atom. The van der Waals surface area contributed by atoms with Gasteiger partial charge in [-0.05, 0) is 17.7 Å². The third-order valence-electron chi connectivity index (χ3n) is 3.97. The number of hydrogen-bond donors (Lipinski definition) is 1. The molecule has 3 aromatic rings. The summed E-state index contributed by atoms with van der Waals surface area (Å²) in [7, 11) is 3.29. The molecule has 1 N–H and O–H groups in total. The van der Waals surface area contributed by atoms with Gasteiger partial charge in [-0.15, -0.1) is 0 Å². The minimum Gasteiger partial charge on any atom is -0.495 e. The van der Waals surface area contributed by atoms with Crippen molar-refractivity contribution in [3.05, 3.63) is 76.6 Å². The lowest BCUT2D eigenvalue weighted by Gasteiger charge is -2.19. The fourth-order valence-electron chi connectivity index (χ4n) is 2.72. The van der Waals surface area contributed by atoms with Crippen molar-refractivity contribution in [2.75, 3.05) is 24.4 Å². The van der Waals surface area contributed by atoms with Crippen LogP contribution < -0.4 is 15.0 Å². The first-order chi connectivity index (χ1) is 13.1. The molecule has 138 valence electrons. The predicted molar refractivity (Wildman–Crippen MR) is 104 cm³/mol. The summed E-state index contributed by atoms with van der Waals surface area (Å²) < 4.78 is 5.29. The zero-order valence-corrected chi connectivity index (χ0v) is 15.0.